The van der Waals surface area contributed by atoms with Crippen molar-refractivity contribution in [2.24, 2.45) is 5.92 Å². The molecule has 1 aliphatic rings. The Hall–Kier alpha value is -1.66. The van der Waals surface area contributed by atoms with E-state index in [4.69, 9.17) is 16.7 Å². The smallest absolute Gasteiger partial charge is 0.283 e. The van der Waals surface area contributed by atoms with Crippen LogP contribution < -0.4 is 5.32 Å². The normalized spacial score (nSPS) is 21.8. The van der Waals surface area contributed by atoms with Crippen molar-refractivity contribution in [3.63, 3.8) is 0 Å². The Morgan fingerprint density at radius 3 is 2.62 bits per heavy atom. The van der Waals surface area contributed by atoms with Crippen LogP contribution in [0.3, 0.4) is 0 Å². The minimum absolute atomic E-state index is 0.00409. The zero-order valence-corrected chi connectivity index (χ0v) is 12.2. The summed E-state index contributed by atoms with van der Waals surface area (Å²) in [6, 6.07) is 4.01. The number of carbonyl (C=O) groups excluding carboxylic acids is 1. The van der Waals surface area contributed by atoms with Crippen molar-refractivity contribution in [1.82, 2.24) is 5.32 Å². The summed E-state index contributed by atoms with van der Waals surface area (Å²) in [5.74, 6) is -0.158. The highest BCUT2D eigenvalue weighted by Gasteiger charge is 2.25. The number of benzene rings is 1. The summed E-state index contributed by atoms with van der Waals surface area (Å²) < 4.78 is 0. The van der Waals surface area contributed by atoms with Crippen molar-refractivity contribution in [1.29, 1.82) is 0 Å². The molecule has 0 unspecified atom stereocenters. The highest BCUT2D eigenvalue weighted by Crippen LogP contribution is 2.26. The number of rotatable bonds is 4. The van der Waals surface area contributed by atoms with Crippen molar-refractivity contribution in [3.05, 3.63) is 38.9 Å². The number of halogens is 1. The van der Waals surface area contributed by atoms with Gasteiger partial charge in [-0.25, -0.2) is 0 Å². The number of nitro groups is 1. The van der Waals surface area contributed by atoms with E-state index < -0.39 is 10.8 Å². The Labute approximate surface area is 127 Å². The first-order chi connectivity index (χ1) is 10.0. The van der Waals surface area contributed by atoms with Crippen molar-refractivity contribution in [2.75, 3.05) is 6.61 Å². The summed E-state index contributed by atoms with van der Waals surface area (Å²) in [6.45, 7) is 0.170. The number of nitrogens with zero attached hydrogens (tertiary/aromatic N) is 1. The topological polar surface area (TPSA) is 92.5 Å². The number of amides is 1. The van der Waals surface area contributed by atoms with Crippen LogP contribution in [0, 0.1) is 16.0 Å². The molecule has 0 heterocycles. The lowest BCUT2D eigenvalue weighted by atomic mass is 9.86. The largest absolute Gasteiger partial charge is 0.396 e. The predicted octanol–water partition coefficient (Wildman–Crippen LogP) is 2.53. The first-order valence-electron chi connectivity index (χ1n) is 6.87. The monoisotopic (exact) mass is 312 g/mol. The maximum atomic E-state index is 12.2. The minimum Gasteiger partial charge on any atom is -0.396 e. The number of carbonyl (C=O) groups is 1. The van der Waals surface area contributed by atoms with Crippen LogP contribution in [0.1, 0.15) is 36.0 Å². The molecule has 0 atom stereocenters. The predicted molar refractivity (Wildman–Crippen MR) is 78.4 cm³/mol. The summed E-state index contributed by atoms with van der Waals surface area (Å²) in [7, 11) is 0. The van der Waals surface area contributed by atoms with E-state index in [2.05, 4.69) is 5.32 Å². The fourth-order valence-electron chi connectivity index (χ4n) is 2.60. The van der Waals surface area contributed by atoms with Gasteiger partial charge < -0.3 is 10.4 Å². The van der Waals surface area contributed by atoms with Gasteiger partial charge in [-0.2, -0.15) is 0 Å². The van der Waals surface area contributed by atoms with Gasteiger partial charge in [0.15, 0.2) is 0 Å². The van der Waals surface area contributed by atoms with E-state index >= 15 is 0 Å². The van der Waals surface area contributed by atoms with Crippen LogP contribution in [0.4, 0.5) is 5.69 Å². The van der Waals surface area contributed by atoms with Crippen LogP contribution in [-0.2, 0) is 0 Å². The van der Waals surface area contributed by atoms with Gasteiger partial charge >= 0.3 is 0 Å². The summed E-state index contributed by atoms with van der Waals surface area (Å²) in [4.78, 5) is 22.6. The van der Waals surface area contributed by atoms with E-state index in [1.54, 1.807) is 0 Å². The first kappa shape index (κ1) is 15.7. The van der Waals surface area contributed by atoms with Gasteiger partial charge in [0.25, 0.3) is 11.6 Å². The van der Waals surface area contributed by atoms with E-state index in [1.165, 1.54) is 18.2 Å². The summed E-state index contributed by atoms with van der Waals surface area (Å²) in [5.41, 5.74) is -0.266. The maximum absolute atomic E-state index is 12.2. The van der Waals surface area contributed by atoms with E-state index in [1.807, 2.05) is 0 Å². The number of hydrogen-bond donors (Lipinski definition) is 2. The number of nitrogens with one attached hydrogen (secondary N) is 1. The van der Waals surface area contributed by atoms with E-state index in [0.29, 0.717) is 5.92 Å². The first-order valence-corrected chi connectivity index (χ1v) is 7.24. The Kier molecular flexibility index (Phi) is 5.14. The fraction of sp³-hybridized carbons (Fsp3) is 0.500. The SMILES string of the molecule is O=C(NC1CCC(CO)CC1)c1ccc(Cl)cc1[N+](=O)[O-]. The van der Waals surface area contributed by atoms with Crippen molar-refractivity contribution in [2.45, 2.75) is 31.7 Å². The zero-order chi connectivity index (χ0) is 15.4. The van der Waals surface area contributed by atoms with E-state index in [-0.39, 0.29) is 28.9 Å². The number of aliphatic hydroxyl groups is 1. The van der Waals surface area contributed by atoms with Crippen LogP contribution in [0.15, 0.2) is 18.2 Å². The van der Waals surface area contributed by atoms with Gasteiger partial charge in [0.1, 0.15) is 5.56 Å². The summed E-state index contributed by atoms with van der Waals surface area (Å²) >= 11 is 5.73. The molecule has 0 aromatic heterocycles. The molecule has 2 N–H and O–H groups in total. The van der Waals surface area contributed by atoms with Crippen molar-refractivity contribution in [3.8, 4) is 0 Å². The molecule has 0 saturated heterocycles. The van der Waals surface area contributed by atoms with Crippen molar-refractivity contribution < 1.29 is 14.8 Å². The highest BCUT2D eigenvalue weighted by molar-refractivity contribution is 6.31. The molecule has 1 aliphatic carbocycles. The molecule has 0 spiro atoms. The standard InChI is InChI=1S/C14H17ClN2O4/c15-10-3-6-12(13(7-10)17(20)21)14(19)16-11-4-1-9(8-18)2-5-11/h3,6-7,9,11,18H,1-2,4-5,8H2,(H,16,19). The molecule has 2 rings (SSSR count). The zero-order valence-electron chi connectivity index (χ0n) is 11.4. The average Bonchev–Trinajstić information content (AvgIpc) is 2.47. The molecule has 0 aliphatic heterocycles. The summed E-state index contributed by atoms with van der Waals surface area (Å²) in [6.07, 6.45) is 3.25. The number of aliphatic hydroxyl groups excluding tert-OH is 1. The molecule has 6 nitrogen and oxygen atoms in total. The second kappa shape index (κ2) is 6.87. The second-order valence-corrected chi connectivity index (χ2v) is 5.73. The third-order valence-corrected chi connectivity index (χ3v) is 4.08. The molecule has 1 aromatic carbocycles. The Balaban J connectivity index is 2.06. The third kappa shape index (κ3) is 3.92. The lowest BCUT2D eigenvalue weighted by molar-refractivity contribution is -0.385. The molecule has 114 valence electrons. The van der Waals surface area contributed by atoms with E-state index in [0.717, 1.165) is 25.7 Å². The average molecular weight is 313 g/mol. The highest BCUT2D eigenvalue weighted by atomic mass is 35.5. The molecule has 1 fully saturated rings. The molecule has 1 saturated carbocycles. The maximum Gasteiger partial charge on any atom is 0.283 e. The van der Waals surface area contributed by atoms with Gasteiger partial charge in [-0.15, -0.1) is 0 Å². The van der Waals surface area contributed by atoms with Crippen LogP contribution in [0.25, 0.3) is 0 Å². The molecular weight excluding hydrogens is 296 g/mol. The van der Waals surface area contributed by atoms with Crippen LogP contribution in [0.2, 0.25) is 5.02 Å². The third-order valence-electron chi connectivity index (χ3n) is 3.84. The second-order valence-electron chi connectivity index (χ2n) is 5.29. The lowest BCUT2D eigenvalue weighted by Gasteiger charge is -2.27. The van der Waals surface area contributed by atoms with Crippen molar-refractivity contribution >= 4 is 23.2 Å². The quantitative estimate of drug-likeness (QED) is 0.660. The van der Waals surface area contributed by atoms with Crippen LogP contribution >= 0.6 is 11.6 Å². The Morgan fingerprint density at radius 2 is 2.05 bits per heavy atom. The molecule has 1 aromatic rings. The molecule has 0 radical (unpaired) electrons. The van der Waals surface area contributed by atoms with Gasteiger partial charge in [0.2, 0.25) is 0 Å². The molecular formula is C14H17ClN2O4. The van der Waals surface area contributed by atoms with Gasteiger partial charge in [-0.1, -0.05) is 11.6 Å². The molecule has 0 bridgehead atoms. The van der Waals surface area contributed by atoms with Gasteiger partial charge in [-0.3, -0.25) is 14.9 Å². The Morgan fingerprint density at radius 1 is 1.38 bits per heavy atom. The number of hydrogen-bond acceptors (Lipinski definition) is 4. The van der Waals surface area contributed by atoms with Crippen LogP contribution in [0.5, 0.6) is 0 Å². The van der Waals surface area contributed by atoms with Gasteiger partial charge in [-0.05, 0) is 43.7 Å². The molecule has 1 amide bonds. The Bertz CT molecular complexity index is 542. The van der Waals surface area contributed by atoms with Gasteiger partial charge in [0, 0.05) is 23.7 Å². The van der Waals surface area contributed by atoms with E-state index in [9.17, 15) is 14.9 Å². The molecule has 7 heteroatoms. The van der Waals surface area contributed by atoms with Crippen LogP contribution in [-0.4, -0.2) is 28.6 Å². The lowest BCUT2D eigenvalue weighted by Crippen LogP contribution is -2.38. The minimum atomic E-state index is -0.608. The molecule has 21 heavy (non-hydrogen) atoms. The number of nitro benzene ring substituents is 1. The summed E-state index contributed by atoms with van der Waals surface area (Å²) in [5, 5.41) is 23.1. The fourth-order valence-corrected chi connectivity index (χ4v) is 2.77. The van der Waals surface area contributed by atoms with Gasteiger partial charge in [0.05, 0.1) is 4.92 Å².